The first-order chi connectivity index (χ1) is 5.41. The maximum absolute atomic E-state index is 11.9. The highest BCUT2D eigenvalue weighted by Crippen LogP contribution is 2.31. The van der Waals surface area contributed by atoms with E-state index in [-0.39, 0.29) is 11.0 Å². The molecule has 6 heteroatoms. The smallest absolute Gasteiger partial charge is 0.410 e. The Morgan fingerprint density at radius 2 is 2.00 bits per heavy atom. The van der Waals surface area contributed by atoms with Gasteiger partial charge in [-0.2, -0.15) is 13.2 Å². The third kappa shape index (κ3) is 1.92. The molecule has 0 spiro atoms. The third-order valence-electron chi connectivity index (χ3n) is 1.25. The van der Waals surface area contributed by atoms with Crippen molar-refractivity contribution in [2.24, 2.45) is 5.73 Å². The fraction of sp³-hybridized carbons (Fsp3) is 0.333. The Morgan fingerprint density at radius 1 is 1.42 bits per heavy atom. The first-order valence-corrected chi connectivity index (χ1v) is 3.36. The van der Waals surface area contributed by atoms with E-state index in [1.54, 1.807) is 0 Å². The van der Waals surface area contributed by atoms with Crippen LogP contribution < -0.4 is 5.73 Å². The molecule has 0 radical (unpaired) electrons. The molecule has 68 valence electrons. The van der Waals surface area contributed by atoms with Gasteiger partial charge in [0.25, 0.3) is 0 Å². The lowest BCUT2D eigenvalue weighted by atomic mass is 10.2. The Hall–Kier alpha value is -0.680. The Balaban J connectivity index is 2.85. The van der Waals surface area contributed by atoms with E-state index in [9.17, 15) is 13.2 Å². The first kappa shape index (κ1) is 9.41. The summed E-state index contributed by atoms with van der Waals surface area (Å²) in [7, 11) is 0. The summed E-state index contributed by atoms with van der Waals surface area (Å²) in [6.07, 6.45) is -4.50. The number of alkyl halides is 3. The van der Waals surface area contributed by atoms with E-state index >= 15 is 0 Å². The highest BCUT2D eigenvalue weighted by molar-refractivity contribution is 6.28. The largest absolute Gasteiger partial charge is 0.448 e. The summed E-state index contributed by atoms with van der Waals surface area (Å²) < 4.78 is 40.2. The van der Waals surface area contributed by atoms with Gasteiger partial charge in [0.2, 0.25) is 0 Å². The maximum atomic E-state index is 11.9. The van der Waals surface area contributed by atoms with Gasteiger partial charge in [0.05, 0.1) is 0 Å². The van der Waals surface area contributed by atoms with Crippen molar-refractivity contribution in [2.45, 2.75) is 12.2 Å². The van der Waals surface area contributed by atoms with E-state index in [2.05, 4.69) is 4.42 Å². The van der Waals surface area contributed by atoms with E-state index < -0.39 is 12.2 Å². The van der Waals surface area contributed by atoms with Crippen LogP contribution in [0.5, 0.6) is 0 Å². The number of hydrogen-bond donors (Lipinski definition) is 1. The molecule has 0 amide bonds. The number of hydrogen-bond acceptors (Lipinski definition) is 2. The summed E-state index contributed by atoms with van der Waals surface area (Å²) in [5.41, 5.74) is 4.81. The van der Waals surface area contributed by atoms with Crippen LogP contribution in [0, 0.1) is 0 Å². The fourth-order valence-corrected chi connectivity index (χ4v) is 0.809. The number of furan rings is 1. The molecule has 0 aliphatic heterocycles. The van der Waals surface area contributed by atoms with Crippen molar-refractivity contribution in [3.05, 3.63) is 23.1 Å². The molecule has 0 aliphatic rings. The van der Waals surface area contributed by atoms with Crippen LogP contribution in [-0.4, -0.2) is 6.18 Å². The Labute approximate surface area is 71.1 Å². The molecule has 0 unspecified atom stereocenters. The number of nitrogens with two attached hydrogens (primary N) is 1. The molecule has 0 aliphatic carbocycles. The third-order valence-corrected chi connectivity index (χ3v) is 1.46. The standard InChI is InChI=1S/C6H5ClF3NO/c7-4-2-1-3(12-4)5(11)6(8,9)10/h1-2,5H,11H2/t5-/m0/s1. The van der Waals surface area contributed by atoms with Gasteiger partial charge in [0, 0.05) is 0 Å². The lowest BCUT2D eigenvalue weighted by molar-refractivity contribution is -0.152. The molecule has 1 heterocycles. The maximum Gasteiger partial charge on any atom is 0.410 e. The van der Waals surface area contributed by atoms with E-state index in [0.29, 0.717) is 0 Å². The molecule has 1 rings (SSSR count). The van der Waals surface area contributed by atoms with E-state index in [1.807, 2.05) is 0 Å². The second-order valence-electron chi connectivity index (χ2n) is 2.16. The molecule has 0 bridgehead atoms. The molecule has 0 saturated heterocycles. The molecule has 0 fully saturated rings. The number of halogens is 4. The summed E-state index contributed by atoms with van der Waals surface area (Å²) in [5.74, 6) is -0.382. The predicted molar refractivity (Wildman–Crippen MR) is 36.7 cm³/mol. The van der Waals surface area contributed by atoms with Crippen LogP contribution in [0.15, 0.2) is 16.5 Å². The minimum absolute atomic E-state index is 0.107. The van der Waals surface area contributed by atoms with Crippen LogP contribution in [0.4, 0.5) is 13.2 Å². The Kier molecular flexibility index (Phi) is 2.34. The van der Waals surface area contributed by atoms with Gasteiger partial charge >= 0.3 is 6.18 Å². The van der Waals surface area contributed by atoms with Crippen LogP contribution in [0.2, 0.25) is 5.22 Å². The molecule has 0 aromatic carbocycles. The lowest BCUT2D eigenvalue weighted by Crippen LogP contribution is -2.27. The molecule has 1 atom stereocenters. The van der Waals surface area contributed by atoms with Crippen LogP contribution in [0.1, 0.15) is 11.8 Å². The van der Waals surface area contributed by atoms with Gasteiger partial charge in [-0.05, 0) is 23.7 Å². The minimum Gasteiger partial charge on any atom is -0.448 e. The van der Waals surface area contributed by atoms with Crippen LogP contribution >= 0.6 is 11.6 Å². The number of rotatable bonds is 1. The average molecular weight is 200 g/mol. The zero-order valence-electron chi connectivity index (χ0n) is 5.73. The quantitative estimate of drug-likeness (QED) is 0.755. The van der Waals surface area contributed by atoms with E-state index in [4.69, 9.17) is 17.3 Å². The van der Waals surface area contributed by atoms with Gasteiger partial charge in [-0.25, -0.2) is 0 Å². The predicted octanol–water partition coefficient (Wildman–Crippen LogP) is 2.50. The SMILES string of the molecule is N[C@@H](c1ccc(Cl)o1)C(F)(F)F. The van der Waals surface area contributed by atoms with Crippen molar-refractivity contribution in [1.82, 2.24) is 0 Å². The van der Waals surface area contributed by atoms with Crippen LogP contribution in [-0.2, 0) is 0 Å². The van der Waals surface area contributed by atoms with E-state index in [1.165, 1.54) is 6.07 Å². The van der Waals surface area contributed by atoms with Crippen molar-refractivity contribution < 1.29 is 17.6 Å². The van der Waals surface area contributed by atoms with Crippen molar-refractivity contribution in [3.63, 3.8) is 0 Å². The summed E-state index contributed by atoms with van der Waals surface area (Å²) in [6, 6.07) is 0.202. The molecular formula is C6H5ClF3NO. The zero-order chi connectivity index (χ0) is 9.35. The second kappa shape index (κ2) is 2.99. The molecule has 12 heavy (non-hydrogen) atoms. The van der Waals surface area contributed by atoms with Gasteiger partial charge in [0.1, 0.15) is 5.76 Å². The molecule has 1 aromatic heterocycles. The first-order valence-electron chi connectivity index (χ1n) is 2.99. The van der Waals surface area contributed by atoms with Crippen molar-refractivity contribution in [1.29, 1.82) is 0 Å². The lowest BCUT2D eigenvalue weighted by Gasteiger charge is -2.11. The van der Waals surface area contributed by atoms with Crippen molar-refractivity contribution in [3.8, 4) is 0 Å². The van der Waals surface area contributed by atoms with Gasteiger partial charge in [-0.15, -0.1) is 0 Å². The summed E-state index contributed by atoms with van der Waals surface area (Å²) in [6.45, 7) is 0. The van der Waals surface area contributed by atoms with Gasteiger partial charge in [0.15, 0.2) is 11.3 Å². The van der Waals surface area contributed by atoms with Gasteiger partial charge in [-0.1, -0.05) is 0 Å². The van der Waals surface area contributed by atoms with Crippen LogP contribution in [0.25, 0.3) is 0 Å². The van der Waals surface area contributed by atoms with Crippen molar-refractivity contribution in [2.75, 3.05) is 0 Å². The zero-order valence-corrected chi connectivity index (χ0v) is 6.49. The summed E-state index contributed by atoms with van der Waals surface area (Å²) in [4.78, 5) is 0. The second-order valence-corrected chi connectivity index (χ2v) is 2.53. The minimum atomic E-state index is -4.50. The fourth-order valence-electron chi connectivity index (χ4n) is 0.657. The highest BCUT2D eigenvalue weighted by atomic mass is 35.5. The normalized spacial score (nSPS) is 14.8. The molecule has 2 N–H and O–H groups in total. The topological polar surface area (TPSA) is 39.2 Å². The molecule has 2 nitrogen and oxygen atoms in total. The molecular weight excluding hydrogens is 195 g/mol. The summed E-state index contributed by atoms with van der Waals surface area (Å²) >= 11 is 5.26. The van der Waals surface area contributed by atoms with Gasteiger partial charge in [-0.3, -0.25) is 0 Å². The van der Waals surface area contributed by atoms with Gasteiger partial charge < -0.3 is 10.2 Å². The van der Waals surface area contributed by atoms with Crippen LogP contribution in [0.3, 0.4) is 0 Å². The Morgan fingerprint density at radius 3 is 2.33 bits per heavy atom. The monoisotopic (exact) mass is 199 g/mol. The average Bonchev–Trinajstić information content (AvgIpc) is 2.32. The van der Waals surface area contributed by atoms with Crippen molar-refractivity contribution >= 4 is 11.6 Å². The highest BCUT2D eigenvalue weighted by Gasteiger charge is 2.39. The molecule has 1 aromatic rings. The summed E-state index contributed by atoms with van der Waals surface area (Å²) in [5, 5.41) is -0.107. The van der Waals surface area contributed by atoms with E-state index in [0.717, 1.165) is 6.07 Å². The molecule has 0 saturated carbocycles. The Bertz CT molecular complexity index is 270.